The van der Waals surface area contributed by atoms with Gasteiger partial charge in [0.2, 0.25) is 0 Å². The zero-order valence-electron chi connectivity index (χ0n) is 10.3. The smallest absolute Gasteiger partial charge is 0.170 e. The topological polar surface area (TPSA) is 38.7 Å². The van der Waals surface area contributed by atoms with Crippen molar-refractivity contribution in [2.24, 2.45) is 0 Å². The highest BCUT2D eigenvalue weighted by molar-refractivity contribution is 7.80. The second-order valence-electron chi connectivity index (χ2n) is 5.57. The molecular weight excluding hydrogens is 222 g/mol. The van der Waals surface area contributed by atoms with Gasteiger partial charge in [0.1, 0.15) is 0 Å². The molecule has 0 radical (unpaired) electrons. The highest BCUT2D eigenvalue weighted by Gasteiger charge is 2.50. The molecule has 4 nitrogen and oxygen atoms in total. The number of hydrogen-bond donors (Lipinski definition) is 2. The van der Waals surface area contributed by atoms with E-state index in [1.807, 2.05) is 0 Å². The number of aliphatic hydroxyl groups is 1. The van der Waals surface area contributed by atoms with Crippen LogP contribution in [0.1, 0.15) is 27.2 Å². The average molecular weight is 243 g/mol. The highest BCUT2D eigenvalue weighted by atomic mass is 32.1. The standard InChI is InChI=1S/C11H21N3OS/c1-10(2)8-11(3)13(6-7-15)4-5-14(11)9(16)12-10/h15H,4-8H2,1-3H3,(H,12,16). The third-order valence-electron chi connectivity index (χ3n) is 3.69. The molecule has 2 fully saturated rings. The Hall–Kier alpha value is -0.390. The number of rotatable bonds is 2. The monoisotopic (exact) mass is 243 g/mol. The zero-order valence-corrected chi connectivity index (χ0v) is 11.1. The molecular formula is C11H21N3OS. The molecule has 2 aliphatic heterocycles. The molecule has 1 unspecified atom stereocenters. The average Bonchev–Trinajstić information content (AvgIpc) is 2.41. The Morgan fingerprint density at radius 3 is 2.69 bits per heavy atom. The summed E-state index contributed by atoms with van der Waals surface area (Å²) >= 11 is 5.43. The predicted octanol–water partition coefficient (Wildman–Crippen LogP) is 0.369. The lowest BCUT2D eigenvalue weighted by Crippen LogP contribution is -2.67. The summed E-state index contributed by atoms with van der Waals surface area (Å²) in [5.74, 6) is 0. The van der Waals surface area contributed by atoms with Gasteiger partial charge in [-0.2, -0.15) is 0 Å². The van der Waals surface area contributed by atoms with Crippen molar-refractivity contribution in [2.75, 3.05) is 26.2 Å². The number of hydrogen-bond acceptors (Lipinski definition) is 3. The second kappa shape index (κ2) is 3.82. The zero-order chi connectivity index (χ0) is 12.0. The molecule has 0 aliphatic carbocycles. The van der Waals surface area contributed by atoms with Crippen LogP contribution in [0.5, 0.6) is 0 Å². The molecule has 1 atom stereocenters. The first-order valence-corrected chi connectivity index (χ1v) is 6.26. The number of β-amino-alcohol motifs (C(OH)–C–C–N with tert-alkyl or cyclic N) is 1. The number of thiocarbonyl (C=S) groups is 1. The first-order valence-electron chi connectivity index (χ1n) is 5.85. The summed E-state index contributed by atoms with van der Waals surface area (Å²) in [5, 5.41) is 13.3. The van der Waals surface area contributed by atoms with Gasteiger partial charge in [-0.3, -0.25) is 4.90 Å². The first kappa shape index (κ1) is 12.1. The van der Waals surface area contributed by atoms with Crippen LogP contribution in [-0.2, 0) is 0 Å². The van der Waals surface area contributed by atoms with E-state index < -0.39 is 0 Å². The van der Waals surface area contributed by atoms with Crippen molar-refractivity contribution in [2.45, 2.75) is 38.4 Å². The molecule has 2 heterocycles. The van der Waals surface area contributed by atoms with E-state index in [0.29, 0.717) is 0 Å². The molecule has 0 aromatic heterocycles. The maximum absolute atomic E-state index is 9.12. The summed E-state index contributed by atoms with van der Waals surface area (Å²) in [7, 11) is 0. The molecule has 16 heavy (non-hydrogen) atoms. The fraction of sp³-hybridized carbons (Fsp3) is 0.909. The second-order valence-corrected chi connectivity index (χ2v) is 5.96. The van der Waals surface area contributed by atoms with Gasteiger partial charge in [-0.25, -0.2) is 0 Å². The Bertz CT molecular complexity index is 308. The van der Waals surface area contributed by atoms with Crippen molar-refractivity contribution >= 4 is 17.3 Å². The van der Waals surface area contributed by atoms with E-state index in [1.54, 1.807) is 0 Å². The van der Waals surface area contributed by atoms with Crippen LogP contribution < -0.4 is 5.32 Å². The highest BCUT2D eigenvalue weighted by Crippen LogP contribution is 2.37. The summed E-state index contributed by atoms with van der Waals surface area (Å²) in [6, 6.07) is 0. The Kier molecular flexibility index (Phi) is 2.88. The van der Waals surface area contributed by atoms with Crippen molar-refractivity contribution in [3.63, 3.8) is 0 Å². The Balaban J connectivity index is 2.25. The summed E-state index contributed by atoms with van der Waals surface area (Å²) in [6.45, 7) is 9.46. The van der Waals surface area contributed by atoms with Gasteiger partial charge < -0.3 is 15.3 Å². The summed E-state index contributed by atoms with van der Waals surface area (Å²) in [4.78, 5) is 4.59. The van der Waals surface area contributed by atoms with Crippen molar-refractivity contribution < 1.29 is 5.11 Å². The molecule has 0 aromatic carbocycles. The van der Waals surface area contributed by atoms with Crippen molar-refractivity contribution in [1.29, 1.82) is 0 Å². The van der Waals surface area contributed by atoms with Gasteiger partial charge in [0, 0.05) is 31.6 Å². The molecule has 0 spiro atoms. The van der Waals surface area contributed by atoms with E-state index in [0.717, 1.165) is 31.2 Å². The summed E-state index contributed by atoms with van der Waals surface area (Å²) in [6.07, 6.45) is 1.01. The molecule has 2 N–H and O–H groups in total. The largest absolute Gasteiger partial charge is 0.395 e. The first-order chi connectivity index (χ1) is 7.39. The van der Waals surface area contributed by atoms with E-state index in [2.05, 4.69) is 35.9 Å². The number of nitrogens with one attached hydrogen (secondary N) is 1. The fourth-order valence-corrected chi connectivity index (χ4v) is 3.68. The lowest BCUT2D eigenvalue weighted by molar-refractivity contribution is 0.0149. The Morgan fingerprint density at radius 2 is 2.06 bits per heavy atom. The lowest BCUT2D eigenvalue weighted by atomic mass is 9.88. The van der Waals surface area contributed by atoms with Gasteiger partial charge in [-0.15, -0.1) is 0 Å². The molecule has 0 bridgehead atoms. The van der Waals surface area contributed by atoms with Crippen LogP contribution in [0.4, 0.5) is 0 Å². The van der Waals surface area contributed by atoms with Gasteiger partial charge in [0.15, 0.2) is 5.11 Å². The molecule has 2 aliphatic rings. The van der Waals surface area contributed by atoms with Crippen molar-refractivity contribution in [3.05, 3.63) is 0 Å². The van der Waals surface area contributed by atoms with E-state index in [-0.39, 0.29) is 17.8 Å². The van der Waals surface area contributed by atoms with Crippen LogP contribution >= 0.6 is 12.2 Å². The Labute approximate surface area is 103 Å². The maximum Gasteiger partial charge on any atom is 0.170 e. The minimum Gasteiger partial charge on any atom is -0.395 e. The number of nitrogens with zero attached hydrogens (tertiary/aromatic N) is 2. The molecule has 2 saturated heterocycles. The molecule has 0 saturated carbocycles. The van der Waals surface area contributed by atoms with Gasteiger partial charge in [-0.1, -0.05) is 0 Å². The van der Waals surface area contributed by atoms with Crippen molar-refractivity contribution in [1.82, 2.24) is 15.1 Å². The van der Waals surface area contributed by atoms with E-state index in [4.69, 9.17) is 17.3 Å². The van der Waals surface area contributed by atoms with Gasteiger partial charge in [0.05, 0.1) is 12.3 Å². The SMILES string of the molecule is CC1(C)CC2(C)N(CCO)CCN2C(=S)N1. The predicted molar refractivity (Wildman–Crippen MR) is 68.2 cm³/mol. The summed E-state index contributed by atoms with van der Waals surface area (Å²) in [5.41, 5.74) is -0.00502. The third kappa shape index (κ3) is 1.81. The number of aliphatic hydroxyl groups excluding tert-OH is 1. The minimum absolute atomic E-state index is 0.0282. The van der Waals surface area contributed by atoms with Crippen LogP contribution in [0, 0.1) is 0 Å². The quantitative estimate of drug-likeness (QED) is 0.686. The molecule has 0 aromatic rings. The normalized spacial score (nSPS) is 33.8. The molecule has 2 rings (SSSR count). The van der Waals surface area contributed by atoms with Crippen LogP contribution in [0.2, 0.25) is 0 Å². The maximum atomic E-state index is 9.12. The molecule has 92 valence electrons. The van der Waals surface area contributed by atoms with Crippen molar-refractivity contribution in [3.8, 4) is 0 Å². The van der Waals surface area contributed by atoms with Crippen LogP contribution in [0.3, 0.4) is 0 Å². The van der Waals surface area contributed by atoms with E-state index in [1.165, 1.54) is 0 Å². The van der Waals surface area contributed by atoms with Gasteiger partial charge in [-0.05, 0) is 33.0 Å². The number of fused-ring (bicyclic) bond motifs is 1. The summed E-state index contributed by atoms with van der Waals surface area (Å²) < 4.78 is 0. The minimum atomic E-state index is -0.0332. The molecule has 5 heteroatoms. The van der Waals surface area contributed by atoms with Crippen LogP contribution in [0.25, 0.3) is 0 Å². The third-order valence-corrected chi connectivity index (χ3v) is 4.02. The van der Waals surface area contributed by atoms with E-state index >= 15 is 0 Å². The molecule has 0 amide bonds. The lowest BCUT2D eigenvalue weighted by Gasteiger charge is -2.51. The van der Waals surface area contributed by atoms with Gasteiger partial charge in [0.25, 0.3) is 0 Å². The van der Waals surface area contributed by atoms with Crippen LogP contribution in [-0.4, -0.2) is 57.5 Å². The van der Waals surface area contributed by atoms with Crippen LogP contribution in [0.15, 0.2) is 0 Å². The Morgan fingerprint density at radius 1 is 1.38 bits per heavy atom. The van der Waals surface area contributed by atoms with Gasteiger partial charge >= 0.3 is 0 Å². The fourth-order valence-electron chi connectivity index (χ4n) is 3.11. The van der Waals surface area contributed by atoms with E-state index in [9.17, 15) is 0 Å².